The van der Waals surface area contributed by atoms with Crippen LogP contribution in [-0.4, -0.2) is 27.2 Å². The first-order valence-corrected chi connectivity index (χ1v) is 9.26. The molecule has 132 valence electrons. The SMILES string of the molecule is O=C(NCc1cccnc1OC1CCCC1)c1n[nH]c2c1CCCC2. The van der Waals surface area contributed by atoms with Crippen molar-refractivity contribution in [2.75, 3.05) is 0 Å². The van der Waals surface area contributed by atoms with Crippen LogP contribution < -0.4 is 10.1 Å². The molecule has 6 heteroatoms. The zero-order chi connectivity index (χ0) is 17.1. The Hall–Kier alpha value is -2.37. The summed E-state index contributed by atoms with van der Waals surface area (Å²) >= 11 is 0. The van der Waals surface area contributed by atoms with Crippen LogP contribution >= 0.6 is 0 Å². The maximum Gasteiger partial charge on any atom is 0.272 e. The average molecular weight is 340 g/mol. The highest BCUT2D eigenvalue weighted by Gasteiger charge is 2.22. The Balaban J connectivity index is 1.42. The van der Waals surface area contributed by atoms with E-state index in [9.17, 15) is 4.79 Å². The number of hydrogen-bond acceptors (Lipinski definition) is 4. The Morgan fingerprint density at radius 1 is 1.24 bits per heavy atom. The number of nitrogens with zero attached hydrogens (tertiary/aromatic N) is 2. The fraction of sp³-hybridized carbons (Fsp3) is 0.526. The second kappa shape index (κ2) is 7.25. The summed E-state index contributed by atoms with van der Waals surface area (Å²) in [6.45, 7) is 0.399. The lowest BCUT2D eigenvalue weighted by Gasteiger charge is -2.15. The Bertz CT molecular complexity index is 750. The number of ether oxygens (including phenoxy) is 1. The Morgan fingerprint density at radius 2 is 2.08 bits per heavy atom. The summed E-state index contributed by atoms with van der Waals surface area (Å²) in [7, 11) is 0. The molecular formula is C19H24N4O2. The lowest BCUT2D eigenvalue weighted by molar-refractivity contribution is 0.0944. The molecule has 0 aromatic carbocycles. The van der Waals surface area contributed by atoms with Crippen molar-refractivity contribution in [2.45, 2.75) is 64.0 Å². The molecule has 0 saturated heterocycles. The van der Waals surface area contributed by atoms with Crippen molar-refractivity contribution < 1.29 is 9.53 Å². The number of amides is 1. The molecule has 2 aromatic heterocycles. The zero-order valence-corrected chi connectivity index (χ0v) is 14.4. The van der Waals surface area contributed by atoms with E-state index in [-0.39, 0.29) is 12.0 Å². The van der Waals surface area contributed by atoms with Gasteiger partial charge in [0.15, 0.2) is 5.69 Å². The first kappa shape index (κ1) is 16.1. The molecule has 0 radical (unpaired) electrons. The fourth-order valence-corrected chi connectivity index (χ4v) is 3.76. The number of aryl methyl sites for hydroxylation is 1. The zero-order valence-electron chi connectivity index (χ0n) is 14.4. The molecule has 0 aliphatic heterocycles. The van der Waals surface area contributed by atoms with Gasteiger partial charge in [-0.25, -0.2) is 4.98 Å². The molecule has 2 heterocycles. The predicted octanol–water partition coefficient (Wildman–Crippen LogP) is 2.93. The number of aromatic nitrogens is 3. The number of carbonyl (C=O) groups excluding carboxylic acids is 1. The molecule has 4 rings (SSSR count). The van der Waals surface area contributed by atoms with E-state index >= 15 is 0 Å². The van der Waals surface area contributed by atoms with E-state index in [0.29, 0.717) is 18.1 Å². The molecule has 2 aliphatic carbocycles. The molecule has 1 saturated carbocycles. The first-order chi connectivity index (χ1) is 12.3. The van der Waals surface area contributed by atoms with Crippen LogP contribution in [0, 0.1) is 0 Å². The van der Waals surface area contributed by atoms with Crippen LogP contribution in [0.5, 0.6) is 5.88 Å². The molecule has 6 nitrogen and oxygen atoms in total. The third-order valence-corrected chi connectivity index (χ3v) is 5.14. The molecule has 0 atom stereocenters. The lowest BCUT2D eigenvalue weighted by Crippen LogP contribution is -2.25. The normalized spacial score (nSPS) is 17.3. The monoisotopic (exact) mass is 340 g/mol. The Labute approximate surface area is 147 Å². The predicted molar refractivity (Wildman–Crippen MR) is 93.5 cm³/mol. The van der Waals surface area contributed by atoms with Gasteiger partial charge in [0.25, 0.3) is 5.91 Å². The van der Waals surface area contributed by atoms with Crippen molar-refractivity contribution in [1.29, 1.82) is 0 Å². The van der Waals surface area contributed by atoms with Crippen molar-refractivity contribution in [1.82, 2.24) is 20.5 Å². The van der Waals surface area contributed by atoms with Gasteiger partial charge >= 0.3 is 0 Å². The van der Waals surface area contributed by atoms with Crippen molar-refractivity contribution >= 4 is 5.91 Å². The summed E-state index contributed by atoms with van der Waals surface area (Å²) in [5.41, 5.74) is 3.64. The third-order valence-electron chi connectivity index (χ3n) is 5.14. The largest absolute Gasteiger partial charge is 0.474 e. The number of aromatic amines is 1. The fourth-order valence-electron chi connectivity index (χ4n) is 3.76. The summed E-state index contributed by atoms with van der Waals surface area (Å²) in [5, 5.41) is 10.2. The van der Waals surface area contributed by atoms with Crippen LogP contribution in [0.4, 0.5) is 0 Å². The van der Waals surface area contributed by atoms with E-state index in [1.54, 1.807) is 6.20 Å². The second-order valence-corrected chi connectivity index (χ2v) is 6.91. The van der Waals surface area contributed by atoms with Crippen molar-refractivity contribution in [3.05, 3.63) is 40.8 Å². The molecule has 0 spiro atoms. The van der Waals surface area contributed by atoms with Crippen LogP contribution in [-0.2, 0) is 19.4 Å². The van der Waals surface area contributed by atoms with Crippen LogP contribution in [0.15, 0.2) is 18.3 Å². The number of rotatable bonds is 5. The van der Waals surface area contributed by atoms with Gasteiger partial charge in [0.2, 0.25) is 5.88 Å². The number of carbonyl (C=O) groups is 1. The molecule has 2 aliphatic rings. The lowest BCUT2D eigenvalue weighted by atomic mass is 9.96. The van der Waals surface area contributed by atoms with Crippen LogP contribution in [0.1, 0.15) is 65.8 Å². The highest BCUT2D eigenvalue weighted by Crippen LogP contribution is 2.25. The van der Waals surface area contributed by atoms with Crippen LogP contribution in [0.3, 0.4) is 0 Å². The van der Waals surface area contributed by atoms with E-state index in [2.05, 4.69) is 20.5 Å². The first-order valence-electron chi connectivity index (χ1n) is 9.26. The molecule has 25 heavy (non-hydrogen) atoms. The van der Waals surface area contributed by atoms with Gasteiger partial charge in [0.05, 0.1) is 0 Å². The average Bonchev–Trinajstić information content (AvgIpc) is 3.30. The van der Waals surface area contributed by atoms with Gasteiger partial charge < -0.3 is 10.1 Å². The minimum absolute atomic E-state index is 0.130. The number of pyridine rings is 1. The minimum atomic E-state index is -0.130. The highest BCUT2D eigenvalue weighted by molar-refractivity contribution is 5.94. The maximum atomic E-state index is 12.6. The molecule has 2 aromatic rings. The number of hydrogen-bond donors (Lipinski definition) is 2. The van der Waals surface area contributed by atoms with E-state index in [1.807, 2.05) is 12.1 Å². The summed E-state index contributed by atoms with van der Waals surface area (Å²) in [5.74, 6) is 0.508. The minimum Gasteiger partial charge on any atom is -0.474 e. The third kappa shape index (κ3) is 3.52. The summed E-state index contributed by atoms with van der Waals surface area (Å²) in [4.78, 5) is 16.9. The summed E-state index contributed by atoms with van der Waals surface area (Å²) in [6.07, 6.45) is 10.8. The molecule has 0 unspecified atom stereocenters. The van der Waals surface area contributed by atoms with Crippen molar-refractivity contribution in [2.24, 2.45) is 0 Å². The maximum absolute atomic E-state index is 12.6. The van der Waals surface area contributed by atoms with E-state index in [1.165, 1.54) is 12.8 Å². The molecule has 1 amide bonds. The number of fused-ring (bicyclic) bond motifs is 1. The van der Waals surface area contributed by atoms with E-state index < -0.39 is 0 Å². The van der Waals surface area contributed by atoms with Gasteiger partial charge in [-0.1, -0.05) is 6.07 Å². The smallest absolute Gasteiger partial charge is 0.272 e. The Kier molecular flexibility index (Phi) is 4.68. The van der Waals surface area contributed by atoms with Crippen molar-refractivity contribution in [3.8, 4) is 5.88 Å². The molecule has 1 fully saturated rings. The summed E-state index contributed by atoms with van der Waals surface area (Å²) < 4.78 is 6.04. The van der Waals surface area contributed by atoms with Gasteiger partial charge in [-0.2, -0.15) is 5.10 Å². The standard InChI is InChI=1S/C19H24N4O2/c24-18(17-15-9-3-4-10-16(15)22-23-17)21-12-13-6-5-11-20-19(13)25-14-7-1-2-8-14/h5-6,11,14H,1-4,7-10,12H2,(H,21,24)(H,22,23). The second-order valence-electron chi connectivity index (χ2n) is 6.91. The molecule has 2 N–H and O–H groups in total. The number of nitrogens with one attached hydrogen (secondary N) is 2. The van der Waals surface area contributed by atoms with Crippen molar-refractivity contribution in [3.63, 3.8) is 0 Å². The quantitative estimate of drug-likeness (QED) is 0.877. The van der Waals surface area contributed by atoms with Gasteiger partial charge in [0, 0.05) is 29.6 Å². The van der Waals surface area contributed by atoms with E-state index in [4.69, 9.17) is 4.74 Å². The van der Waals surface area contributed by atoms with Crippen LogP contribution in [0.25, 0.3) is 0 Å². The van der Waals surface area contributed by atoms with Gasteiger partial charge in [-0.15, -0.1) is 0 Å². The molecule has 0 bridgehead atoms. The van der Waals surface area contributed by atoms with Crippen LogP contribution in [0.2, 0.25) is 0 Å². The van der Waals surface area contributed by atoms with Gasteiger partial charge in [-0.05, 0) is 57.4 Å². The highest BCUT2D eigenvalue weighted by atomic mass is 16.5. The van der Waals surface area contributed by atoms with Gasteiger partial charge in [0.1, 0.15) is 6.10 Å². The number of H-pyrrole nitrogens is 1. The summed E-state index contributed by atoms with van der Waals surface area (Å²) in [6, 6.07) is 3.83. The van der Waals surface area contributed by atoms with Gasteiger partial charge in [-0.3, -0.25) is 9.89 Å². The van der Waals surface area contributed by atoms with E-state index in [0.717, 1.165) is 55.3 Å². The molecular weight excluding hydrogens is 316 g/mol. The Morgan fingerprint density at radius 3 is 2.96 bits per heavy atom. The topological polar surface area (TPSA) is 79.9 Å².